The molecule has 0 saturated carbocycles. The van der Waals surface area contributed by atoms with E-state index in [1.165, 1.54) is 73.8 Å². The number of carbonyl (C=O) groups excluding carboxylic acids is 1. The largest absolute Gasteiger partial charge is 0.478 e. The van der Waals surface area contributed by atoms with Crippen LogP contribution in [0.25, 0.3) is 44.6 Å². The van der Waals surface area contributed by atoms with Crippen molar-refractivity contribution in [2.75, 3.05) is 29.0 Å². The molecule has 18 heteroatoms. The van der Waals surface area contributed by atoms with Crippen LogP contribution in [0, 0.1) is 11.6 Å². The van der Waals surface area contributed by atoms with E-state index in [1.807, 2.05) is 0 Å². The molecule has 5 N–H and O–H groups in total. The number of anilines is 2. The number of halogens is 4. The fourth-order valence-electron chi connectivity index (χ4n) is 5.06. The number of carboxylic acids is 1. The van der Waals surface area contributed by atoms with Gasteiger partial charge < -0.3 is 19.7 Å². The molecule has 0 fully saturated rings. The third-order valence-corrected chi connectivity index (χ3v) is 9.67. The molecular weight excluding hydrogens is 868 g/mol. The summed E-state index contributed by atoms with van der Waals surface area (Å²) in [5, 5.41) is 10.4. The van der Waals surface area contributed by atoms with Gasteiger partial charge in [0, 0.05) is 49.4 Å². The maximum Gasteiger partial charge on any atom is 0.340 e. The number of benzene rings is 4. The second kappa shape index (κ2) is 16.6. The number of hydrogen-bond acceptors (Lipinski definition) is 9. The number of fused-ring (bicyclic) bond motifs is 2. The molecule has 53 heavy (non-hydrogen) atoms. The third kappa shape index (κ3) is 9.88. The van der Waals surface area contributed by atoms with Gasteiger partial charge in [-0.05, 0) is 99.6 Å². The SMILES string of the molecule is CCC(=O)c1c(-c2ccc(F)cc2)oc2cc(NS(C)(=O)=O)c(Br)cc12.CN.CS(=O)(=O)Nc1cc2oc(-c3ccc(F)cc3)c(C(=O)O)c2cc1Br. The van der Waals surface area contributed by atoms with Crippen LogP contribution in [0.5, 0.6) is 0 Å². The van der Waals surface area contributed by atoms with Crippen molar-refractivity contribution in [1.29, 1.82) is 0 Å². The van der Waals surface area contributed by atoms with Gasteiger partial charge in [-0.3, -0.25) is 14.2 Å². The Morgan fingerprint density at radius 2 is 1.06 bits per heavy atom. The van der Waals surface area contributed by atoms with Gasteiger partial charge in [0.15, 0.2) is 5.78 Å². The fraction of sp³-hybridized carbons (Fsp3) is 0.143. The zero-order chi connectivity index (χ0) is 39.4. The molecule has 0 amide bonds. The normalized spacial score (nSPS) is 11.3. The molecule has 6 rings (SSSR count). The first-order chi connectivity index (χ1) is 24.8. The van der Waals surface area contributed by atoms with Gasteiger partial charge in [-0.2, -0.15) is 0 Å². The van der Waals surface area contributed by atoms with Crippen molar-refractivity contribution >= 4 is 97.0 Å². The van der Waals surface area contributed by atoms with E-state index in [0.717, 1.165) is 12.5 Å². The zero-order valence-corrected chi connectivity index (χ0v) is 33.1. The van der Waals surface area contributed by atoms with E-state index < -0.39 is 37.7 Å². The summed E-state index contributed by atoms with van der Waals surface area (Å²) in [6, 6.07) is 16.8. The van der Waals surface area contributed by atoms with Gasteiger partial charge in [0.25, 0.3) is 0 Å². The molecule has 0 aliphatic carbocycles. The number of nitrogens with one attached hydrogen (secondary N) is 2. The highest BCUT2D eigenvalue weighted by molar-refractivity contribution is 9.11. The van der Waals surface area contributed by atoms with E-state index in [4.69, 9.17) is 8.83 Å². The fourth-order valence-corrected chi connectivity index (χ4v) is 7.35. The van der Waals surface area contributed by atoms with E-state index in [1.54, 1.807) is 13.0 Å². The number of ketones is 1. The minimum absolute atomic E-state index is 0.0610. The Labute approximate surface area is 319 Å². The molecule has 2 heterocycles. The van der Waals surface area contributed by atoms with Gasteiger partial charge in [0.05, 0.1) is 29.4 Å². The van der Waals surface area contributed by atoms with Crippen molar-refractivity contribution in [1.82, 2.24) is 0 Å². The van der Waals surface area contributed by atoms with Crippen LogP contribution in [0.3, 0.4) is 0 Å². The number of aromatic carboxylic acids is 1. The molecule has 0 unspecified atom stereocenters. The Hall–Kier alpha value is -4.62. The van der Waals surface area contributed by atoms with Crippen LogP contribution in [0.1, 0.15) is 34.1 Å². The predicted molar refractivity (Wildman–Crippen MR) is 207 cm³/mol. The predicted octanol–water partition coefficient (Wildman–Crippen LogP) is 8.61. The van der Waals surface area contributed by atoms with Crippen LogP contribution in [0.2, 0.25) is 0 Å². The van der Waals surface area contributed by atoms with Crippen molar-refractivity contribution < 1.29 is 49.1 Å². The summed E-state index contributed by atoms with van der Waals surface area (Å²) in [5.41, 5.74) is 6.81. The van der Waals surface area contributed by atoms with Crippen LogP contribution >= 0.6 is 31.9 Å². The Kier molecular flexibility index (Phi) is 12.9. The maximum absolute atomic E-state index is 13.2. The molecule has 12 nitrogen and oxygen atoms in total. The Morgan fingerprint density at radius 1 is 0.698 bits per heavy atom. The zero-order valence-electron chi connectivity index (χ0n) is 28.3. The van der Waals surface area contributed by atoms with Gasteiger partial charge in [-0.1, -0.05) is 6.92 Å². The Morgan fingerprint density at radius 3 is 1.40 bits per heavy atom. The molecule has 2 aromatic heterocycles. The molecule has 0 aliphatic rings. The smallest absolute Gasteiger partial charge is 0.340 e. The van der Waals surface area contributed by atoms with Gasteiger partial charge in [0.1, 0.15) is 39.9 Å². The summed E-state index contributed by atoms with van der Waals surface area (Å²) in [5.74, 6) is -1.80. The average molecular weight is 900 g/mol. The van der Waals surface area contributed by atoms with Crippen molar-refractivity contribution in [2.24, 2.45) is 5.73 Å². The molecule has 0 saturated heterocycles. The second-order valence-electron chi connectivity index (χ2n) is 11.1. The van der Waals surface area contributed by atoms with Gasteiger partial charge in [0.2, 0.25) is 20.0 Å². The van der Waals surface area contributed by atoms with Gasteiger partial charge in [-0.15, -0.1) is 0 Å². The number of Topliss-reactive ketones (excluding diaryl/α,β-unsaturated/α-hetero) is 1. The quantitative estimate of drug-likeness (QED) is 0.102. The van der Waals surface area contributed by atoms with Gasteiger partial charge in [-0.25, -0.2) is 30.4 Å². The van der Waals surface area contributed by atoms with E-state index in [0.29, 0.717) is 48.1 Å². The van der Waals surface area contributed by atoms with Crippen molar-refractivity contribution in [3.63, 3.8) is 0 Å². The summed E-state index contributed by atoms with van der Waals surface area (Å²) in [6.45, 7) is 1.74. The number of furan rings is 2. The molecule has 6 aromatic rings. The van der Waals surface area contributed by atoms with Crippen LogP contribution in [0.4, 0.5) is 20.2 Å². The van der Waals surface area contributed by atoms with E-state index in [2.05, 4.69) is 47.0 Å². The molecule has 0 bridgehead atoms. The second-order valence-corrected chi connectivity index (χ2v) is 16.3. The Balaban J connectivity index is 0.000000226. The lowest BCUT2D eigenvalue weighted by atomic mass is 10.0. The van der Waals surface area contributed by atoms with E-state index >= 15 is 0 Å². The van der Waals surface area contributed by atoms with Crippen molar-refractivity contribution in [2.45, 2.75) is 13.3 Å². The van der Waals surface area contributed by atoms with Crippen LogP contribution in [-0.4, -0.2) is 53.3 Å². The van der Waals surface area contributed by atoms with Gasteiger partial charge >= 0.3 is 5.97 Å². The van der Waals surface area contributed by atoms with E-state index in [-0.39, 0.29) is 40.2 Å². The number of rotatable bonds is 9. The molecule has 4 aromatic carbocycles. The average Bonchev–Trinajstić information content (AvgIpc) is 3.63. The summed E-state index contributed by atoms with van der Waals surface area (Å²) in [7, 11) is -5.50. The summed E-state index contributed by atoms with van der Waals surface area (Å²) < 4.78 is 89.3. The van der Waals surface area contributed by atoms with Crippen molar-refractivity contribution in [3.05, 3.63) is 105 Å². The van der Waals surface area contributed by atoms with Crippen LogP contribution in [0.15, 0.2) is 90.6 Å². The molecule has 280 valence electrons. The highest BCUT2D eigenvalue weighted by Crippen LogP contribution is 2.40. The first kappa shape index (κ1) is 41.1. The first-order valence-electron chi connectivity index (χ1n) is 15.2. The third-order valence-electron chi connectivity index (χ3n) is 7.17. The lowest BCUT2D eigenvalue weighted by molar-refractivity contribution is 0.0698. The molecule has 0 aliphatic heterocycles. The number of carbonyl (C=O) groups is 2. The molecule has 0 spiro atoms. The standard InChI is InChI=1S/C18H15BrFNO4S.C16H11BrFNO5S.CH5N/c1-3-15(22)17-12-8-13(19)14(21-26(2,23)24)9-16(12)25-18(17)10-4-6-11(20)7-5-10;1-25(22,23)19-12-7-13-10(6-11(12)17)14(16(20)21)15(24-13)8-2-4-9(18)5-3-8;1-2/h4-9,21H,3H2,1-2H3;2-7,19H,1H3,(H,20,21);2H2,1H3. The molecule has 0 radical (unpaired) electrons. The van der Waals surface area contributed by atoms with Crippen LogP contribution < -0.4 is 15.2 Å². The first-order valence-corrected chi connectivity index (χ1v) is 20.6. The number of sulfonamides is 2. The highest BCUT2D eigenvalue weighted by atomic mass is 79.9. The highest BCUT2D eigenvalue weighted by Gasteiger charge is 2.25. The Bertz CT molecular complexity index is 2560. The monoisotopic (exact) mass is 897 g/mol. The summed E-state index contributed by atoms with van der Waals surface area (Å²) in [6.07, 6.45) is 2.31. The number of nitrogens with two attached hydrogens (primary N) is 1. The summed E-state index contributed by atoms with van der Waals surface area (Å²) >= 11 is 6.54. The minimum Gasteiger partial charge on any atom is -0.478 e. The topological polar surface area (TPSA) is 199 Å². The molecular formula is C35H31Br2F2N3O9S2. The summed E-state index contributed by atoms with van der Waals surface area (Å²) in [4.78, 5) is 24.2. The van der Waals surface area contributed by atoms with Crippen LogP contribution in [-0.2, 0) is 20.0 Å². The number of carboxylic acid groups (broad SMARTS) is 1. The lowest BCUT2D eigenvalue weighted by Gasteiger charge is -2.06. The minimum atomic E-state index is -3.52. The maximum atomic E-state index is 13.2. The molecule has 0 atom stereocenters. The van der Waals surface area contributed by atoms with Crippen molar-refractivity contribution in [3.8, 4) is 22.6 Å². The van der Waals surface area contributed by atoms with E-state index in [9.17, 15) is 40.3 Å². The number of hydrogen-bond donors (Lipinski definition) is 4. The lowest BCUT2D eigenvalue weighted by Crippen LogP contribution is -2.09.